The summed E-state index contributed by atoms with van der Waals surface area (Å²) in [5.74, 6) is -4.81. The third kappa shape index (κ3) is 4.13. The van der Waals surface area contributed by atoms with Crippen LogP contribution in [0.1, 0.15) is 47.5 Å². The van der Waals surface area contributed by atoms with Crippen LogP contribution in [0.4, 0.5) is 0 Å². The predicted octanol–water partition coefficient (Wildman–Crippen LogP) is 1.44. The van der Waals surface area contributed by atoms with Crippen molar-refractivity contribution in [1.29, 1.82) is 0 Å². The Morgan fingerprint density at radius 2 is 1.80 bits per heavy atom. The van der Waals surface area contributed by atoms with E-state index in [4.69, 9.17) is 28.4 Å². The molecule has 0 aromatic carbocycles. The van der Waals surface area contributed by atoms with Gasteiger partial charge in [0.15, 0.2) is 6.10 Å². The van der Waals surface area contributed by atoms with Crippen molar-refractivity contribution in [2.24, 2.45) is 22.7 Å². The lowest BCUT2D eigenvalue weighted by Crippen LogP contribution is -2.65. The smallest absolute Gasteiger partial charge is 0.340 e. The van der Waals surface area contributed by atoms with E-state index < -0.39 is 88.3 Å². The van der Waals surface area contributed by atoms with E-state index in [1.807, 2.05) is 6.92 Å². The lowest BCUT2D eigenvalue weighted by atomic mass is 9.48. The molecule has 3 fully saturated rings. The Bertz CT molecular complexity index is 1310. The van der Waals surface area contributed by atoms with Crippen LogP contribution in [0, 0.1) is 22.7 Å². The number of carbonyl (C=O) groups is 5. The maximum atomic E-state index is 13.1. The second-order valence-electron chi connectivity index (χ2n) is 12.3. The van der Waals surface area contributed by atoms with Gasteiger partial charge in [0.2, 0.25) is 6.29 Å². The molecule has 4 heterocycles. The zero-order chi connectivity index (χ0) is 30.3. The summed E-state index contributed by atoms with van der Waals surface area (Å²) in [4.78, 5) is 63.6. The minimum absolute atomic E-state index is 0.0367. The van der Waals surface area contributed by atoms with E-state index in [1.54, 1.807) is 26.8 Å². The van der Waals surface area contributed by atoms with Gasteiger partial charge in [-0.1, -0.05) is 26.5 Å². The van der Waals surface area contributed by atoms with E-state index >= 15 is 0 Å². The largest absolute Gasteiger partial charge is 0.469 e. The first kappa shape index (κ1) is 29.0. The van der Waals surface area contributed by atoms with Crippen LogP contribution in [-0.4, -0.2) is 77.9 Å². The van der Waals surface area contributed by atoms with Crippen molar-refractivity contribution in [3.05, 3.63) is 36.0 Å². The first-order valence-corrected chi connectivity index (χ1v) is 13.4. The Morgan fingerprint density at radius 1 is 1.12 bits per heavy atom. The number of hydrogen-bond donors (Lipinski definition) is 1. The fourth-order valence-electron chi connectivity index (χ4n) is 7.81. The lowest BCUT2D eigenvalue weighted by Gasteiger charge is -2.57. The summed E-state index contributed by atoms with van der Waals surface area (Å²) in [5, 5.41) is 9.95. The molecule has 0 amide bonds. The standard InChI is InChI=1S/C29H34O12/c1-13-21(27(5)9-8-18(31)40-26(3,4)17(27)11-19(32)36-7)16(37-14(2)30)12-28(6)22(15-10-20(33)38-24(15)34)39-25(35)23-29(13,28)41-23/h8-10,16-17,20-23,33H,1,11-12H2,2-7H3. The molecule has 0 aromatic rings. The summed E-state index contributed by atoms with van der Waals surface area (Å²) in [6.45, 7) is 12.6. The number of esters is 5. The Kier molecular flexibility index (Phi) is 6.54. The fourth-order valence-corrected chi connectivity index (χ4v) is 7.81. The van der Waals surface area contributed by atoms with E-state index in [9.17, 15) is 29.1 Å². The molecule has 4 aliphatic heterocycles. The van der Waals surface area contributed by atoms with Gasteiger partial charge in [0, 0.05) is 35.7 Å². The number of allylic oxidation sites excluding steroid dienone is 1. The maximum absolute atomic E-state index is 13.1. The van der Waals surface area contributed by atoms with Crippen molar-refractivity contribution < 1.29 is 57.5 Å². The van der Waals surface area contributed by atoms with Crippen LogP contribution >= 0.6 is 0 Å². The quantitative estimate of drug-likeness (QED) is 0.218. The first-order chi connectivity index (χ1) is 19.0. The number of carbonyl (C=O) groups excluding carboxylic acids is 5. The number of aliphatic hydroxyl groups excluding tert-OH is 1. The third-order valence-corrected chi connectivity index (χ3v) is 9.53. The highest BCUT2D eigenvalue weighted by Gasteiger charge is 2.82. The van der Waals surface area contributed by atoms with Crippen LogP contribution in [-0.2, 0) is 52.4 Å². The lowest BCUT2D eigenvalue weighted by molar-refractivity contribution is -0.183. The molecule has 9 unspecified atom stereocenters. The van der Waals surface area contributed by atoms with Crippen LogP contribution in [0.25, 0.3) is 0 Å². The number of hydrogen-bond acceptors (Lipinski definition) is 12. The first-order valence-electron chi connectivity index (χ1n) is 13.4. The second-order valence-corrected chi connectivity index (χ2v) is 12.3. The molecule has 0 bridgehead atoms. The zero-order valence-corrected chi connectivity index (χ0v) is 23.8. The molecule has 5 rings (SSSR count). The predicted molar refractivity (Wildman–Crippen MR) is 136 cm³/mol. The van der Waals surface area contributed by atoms with Crippen LogP contribution in [0.5, 0.6) is 0 Å². The average molecular weight is 575 g/mol. The Balaban J connectivity index is 1.68. The van der Waals surface area contributed by atoms with Gasteiger partial charge in [0.25, 0.3) is 0 Å². The summed E-state index contributed by atoms with van der Waals surface area (Å²) in [5.41, 5.74) is -4.51. The van der Waals surface area contributed by atoms with Crippen molar-refractivity contribution in [2.45, 2.75) is 83.3 Å². The van der Waals surface area contributed by atoms with Gasteiger partial charge in [0.05, 0.1) is 19.1 Å². The van der Waals surface area contributed by atoms with Crippen LogP contribution in [0.2, 0.25) is 0 Å². The van der Waals surface area contributed by atoms with Crippen LogP contribution < -0.4 is 0 Å². The van der Waals surface area contributed by atoms with E-state index in [2.05, 4.69) is 6.58 Å². The molecule has 1 N–H and O–H groups in total. The fraction of sp³-hybridized carbons (Fsp3) is 0.621. The number of methoxy groups -OCH3 is 1. The number of aliphatic hydroxyl groups is 1. The molecule has 1 saturated carbocycles. The number of epoxide rings is 1. The summed E-state index contributed by atoms with van der Waals surface area (Å²) < 4.78 is 33.3. The summed E-state index contributed by atoms with van der Waals surface area (Å²) >= 11 is 0. The van der Waals surface area contributed by atoms with Gasteiger partial charge in [-0.2, -0.15) is 0 Å². The molecule has 9 atom stereocenters. The number of rotatable bonds is 5. The van der Waals surface area contributed by atoms with Gasteiger partial charge in [-0.05, 0) is 31.9 Å². The zero-order valence-electron chi connectivity index (χ0n) is 23.8. The third-order valence-electron chi connectivity index (χ3n) is 9.53. The van der Waals surface area contributed by atoms with Crippen molar-refractivity contribution >= 4 is 29.8 Å². The molecule has 1 aliphatic carbocycles. The van der Waals surface area contributed by atoms with E-state index in [-0.39, 0.29) is 18.4 Å². The average Bonchev–Trinajstić information content (AvgIpc) is 3.57. The molecule has 0 radical (unpaired) electrons. The molecule has 1 spiro atoms. The maximum Gasteiger partial charge on any atom is 0.340 e. The molecule has 12 nitrogen and oxygen atoms in total. The number of cyclic esters (lactones) is 3. The highest BCUT2D eigenvalue weighted by Crippen LogP contribution is 2.70. The van der Waals surface area contributed by atoms with E-state index in [0.717, 1.165) is 0 Å². The normalized spacial score (nSPS) is 42.5. The highest BCUT2D eigenvalue weighted by atomic mass is 16.7. The van der Waals surface area contributed by atoms with Crippen molar-refractivity contribution in [2.75, 3.05) is 7.11 Å². The molecule has 0 aromatic heterocycles. The molecule has 5 aliphatic rings. The Hall–Kier alpha value is -3.51. The molecular formula is C29H34O12. The minimum atomic E-state index is -1.51. The molecule has 222 valence electrons. The molecule has 12 heteroatoms. The van der Waals surface area contributed by atoms with Gasteiger partial charge in [-0.25, -0.2) is 14.4 Å². The highest BCUT2D eigenvalue weighted by molar-refractivity contribution is 5.94. The molecule has 2 saturated heterocycles. The minimum Gasteiger partial charge on any atom is -0.469 e. The van der Waals surface area contributed by atoms with E-state index in [1.165, 1.54) is 26.2 Å². The van der Waals surface area contributed by atoms with E-state index in [0.29, 0.717) is 5.57 Å². The Labute approximate surface area is 236 Å². The summed E-state index contributed by atoms with van der Waals surface area (Å²) in [6, 6.07) is 0. The number of ether oxygens (including phenoxy) is 6. The topological polar surface area (TPSA) is 164 Å². The SMILES string of the molecule is C=C1C(C2(C)C=CC(=O)OC(C)(C)C2CC(=O)OC)C(OC(C)=O)CC2(C)C(C3=CC(O)OC3=O)OC(=O)C3OC132. The van der Waals surface area contributed by atoms with Crippen molar-refractivity contribution in [3.8, 4) is 0 Å². The summed E-state index contributed by atoms with van der Waals surface area (Å²) in [7, 11) is 1.26. The van der Waals surface area contributed by atoms with Crippen LogP contribution in [0.3, 0.4) is 0 Å². The molecular weight excluding hydrogens is 540 g/mol. The molecule has 41 heavy (non-hydrogen) atoms. The van der Waals surface area contributed by atoms with Gasteiger partial charge in [-0.15, -0.1) is 0 Å². The monoisotopic (exact) mass is 574 g/mol. The second kappa shape index (κ2) is 9.25. The van der Waals surface area contributed by atoms with Crippen LogP contribution in [0.15, 0.2) is 36.0 Å². The summed E-state index contributed by atoms with van der Waals surface area (Å²) in [6.07, 6.45) is -0.738. The van der Waals surface area contributed by atoms with Gasteiger partial charge >= 0.3 is 29.8 Å². The van der Waals surface area contributed by atoms with Gasteiger partial charge < -0.3 is 33.5 Å². The van der Waals surface area contributed by atoms with Gasteiger partial charge in [-0.3, -0.25) is 9.59 Å². The van der Waals surface area contributed by atoms with Crippen molar-refractivity contribution in [1.82, 2.24) is 0 Å². The van der Waals surface area contributed by atoms with Crippen molar-refractivity contribution in [3.63, 3.8) is 0 Å². The van der Waals surface area contributed by atoms with Gasteiger partial charge in [0.1, 0.15) is 23.4 Å². The Morgan fingerprint density at radius 3 is 2.39 bits per heavy atom.